The van der Waals surface area contributed by atoms with Gasteiger partial charge in [-0.25, -0.2) is 0 Å². The van der Waals surface area contributed by atoms with Gasteiger partial charge in [-0.15, -0.1) is 0 Å². The molecule has 0 aromatic carbocycles. The molecule has 2 heteroatoms. The van der Waals surface area contributed by atoms with E-state index in [9.17, 15) is 4.79 Å². The Morgan fingerprint density at radius 2 is 1.59 bits per heavy atom. The zero-order valence-corrected chi connectivity index (χ0v) is 15.0. The quantitative estimate of drug-likeness (QED) is 0.212. The van der Waals surface area contributed by atoms with E-state index in [4.69, 9.17) is 4.74 Å². The molecule has 0 bridgehead atoms. The largest absolute Gasteiger partial charge is 0.462 e. The number of carbonyl (C=O) groups is 1. The first kappa shape index (κ1) is 20.9. The molecule has 0 radical (unpaired) electrons. The van der Waals surface area contributed by atoms with Gasteiger partial charge in [0.15, 0.2) is 0 Å². The van der Waals surface area contributed by atoms with Crippen LogP contribution in [0.5, 0.6) is 0 Å². The fraction of sp³-hybridized carbons (Fsp3) is 0.750. The summed E-state index contributed by atoms with van der Waals surface area (Å²) in [5.41, 5.74) is 0. The fourth-order valence-electron chi connectivity index (χ4n) is 2.47. The molecule has 0 saturated carbocycles. The molecule has 0 spiro atoms. The van der Waals surface area contributed by atoms with Gasteiger partial charge in [-0.1, -0.05) is 63.3 Å². The Balaban J connectivity index is 3.52. The maximum atomic E-state index is 11.1. The average molecular weight is 309 g/mol. The summed E-state index contributed by atoms with van der Waals surface area (Å²) in [4.78, 5) is 11.1. The van der Waals surface area contributed by atoms with Gasteiger partial charge >= 0.3 is 5.97 Å². The molecule has 0 fully saturated rings. The number of allylic oxidation sites excluding steroid dienone is 3. The number of esters is 1. The van der Waals surface area contributed by atoms with E-state index < -0.39 is 0 Å². The molecule has 0 saturated heterocycles. The molecule has 0 aliphatic carbocycles. The summed E-state index contributed by atoms with van der Waals surface area (Å²) < 4.78 is 5.34. The van der Waals surface area contributed by atoms with Crippen molar-refractivity contribution in [2.24, 2.45) is 0 Å². The topological polar surface area (TPSA) is 26.3 Å². The summed E-state index contributed by atoms with van der Waals surface area (Å²) in [6.45, 7) is 5.73. The molecule has 2 nitrogen and oxygen atoms in total. The Labute approximate surface area is 138 Å². The van der Waals surface area contributed by atoms with Crippen LogP contribution >= 0.6 is 0 Å². The molecule has 0 rings (SSSR count). The molecule has 22 heavy (non-hydrogen) atoms. The zero-order chi connectivity index (χ0) is 16.5. The molecule has 0 heterocycles. The molecule has 0 aliphatic heterocycles. The first-order valence-corrected chi connectivity index (χ1v) is 9.14. The van der Waals surface area contributed by atoms with Gasteiger partial charge in [0.2, 0.25) is 0 Å². The Morgan fingerprint density at radius 1 is 0.955 bits per heavy atom. The fourth-order valence-corrected chi connectivity index (χ4v) is 2.47. The van der Waals surface area contributed by atoms with Gasteiger partial charge in [0, 0.05) is 13.3 Å². The van der Waals surface area contributed by atoms with Crippen molar-refractivity contribution in [3.63, 3.8) is 0 Å². The van der Waals surface area contributed by atoms with Crippen LogP contribution in [0.2, 0.25) is 0 Å². The van der Waals surface area contributed by atoms with Crippen molar-refractivity contribution in [1.82, 2.24) is 0 Å². The highest BCUT2D eigenvalue weighted by molar-refractivity contribution is 5.66. The lowest BCUT2D eigenvalue weighted by molar-refractivity contribution is -0.146. The minimum absolute atomic E-state index is 0.0650. The smallest absolute Gasteiger partial charge is 0.302 e. The van der Waals surface area contributed by atoms with Crippen LogP contribution in [0, 0.1) is 0 Å². The van der Waals surface area contributed by atoms with Crippen molar-refractivity contribution in [3.8, 4) is 0 Å². The van der Waals surface area contributed by atoms with E-state index in [0.717, 1.165) is 19.3 Å². The van der Waals surface area contributed by atoms with Crippen molar-refractivity contribution in [2.75, 3.05) is 0 Å². The van der Waals surface area contributed by atoms with Gasteiger partial charge in [-0.05, 0) is 39.0 Å². The van der Waals surface area contributed by atoms with Crippen LogP contribution in [0.25, 0.3) is 0 Å². The van der Waals surface area contributed by atoms with Crippen molar-refractivity contribution in [2.45, 2.75) is 97.5 Å². The third-order valence-corrected chi connectivity index (χ3v) is 3.76. The van der Waals surface area contributed by atoms with Crippen molar-refractivity contribution >= 4 is 5.97 Å². The number of hydrogen-bond acceptors (Lipinski definition) is 2. The third kappa shape index (κ3) is 15.3. The summed E-state index contributed by atoms with van der Waals surface area (Å²) in [6.07, 6.45) is 22.0. The zero-order valence-electron chi connectivity index (χ0n) is 15.0. The molecular formula is C20H36O2. The number of ether oxygens (including phenoxy) is 1. The number of carbonyl (C=O) groups excluding carboxylic acids is 1. The van der Waals surface area contributed by atoms with E-state index >= 15 is 0 Å². The standard InChI is InChI=1S/C20H36O2/c1-4-6-8-9-10-11-12-13-14-15-16-18-20(17-7-5-2)22-19(3)21/h5,7,9-10,20H,4,6,8,11-18H2,1-3H3/b7-5-,10-9-. The van der Waals surface area contributed by atoms with Crippen LogP contribution in [-0.4, -0.2) is 12.1 Å². The average Bonchev–Trinajstić information content (AvgIpc) is 2.49. The van der Waals surface area contributed by atoms with Crippen LogP contribution in [-0.2, 0) is 9.53 Å². The van der Waals surface area contributed by atoms with Crippen LogP contribution in [0.3, 0.4) is 0 Å². The van der Waals surface area contributed by atoms with Crippen LogP contribution in [0.15, 0.2) is 24.3 Å². The molecule has 0 aromatic heterocycles. The van der Waals surface area contributed by atoms with E-state index in [1.54, 1.807) is 0 Å². The second kappa shape index (κ2) is 16.3. The Morgan fingerprint density at radius 3 is 2.23 bits per heavy atom. The van der Waals surface area contributed by atoms with E-state index in [-0.39, 0.29) is 12.1 Å². The predicted molar refractivity (Wildman–Crippen MR) is 96.0 cm³/mol. The van der Waals surface area contributed by atoms with E-state index in [1.165, 1.54) is 58.3 Å². The van der Waals surface area contributed by atoms with E-state index in [1.807, 2.05) is 13.0 Å². The van der Waals surface area contributed by atoms with Crippen molar-refractivity contribution in [3.05, 3.63) is 24.3 Å². The van der Waals surface area contributed by atoms with E-state index in [2.05, 4.69) is 25.2 Å². The molecule has 1 atom stereocenters. The highest BCUT2D eigenvalue weighted by Gasteiger charge is 2.09. The number of rotatable bonds is 14. The predicted octanol–water partition coefficient (Wildman–Crippen LogP) is 6.36. The Kier molecular flexibility index (Phi) is 15.5. The minimum atomic E-state index is -0.163. The molecule has 0 amide bonds. The third-order valence-electron chi connectivity index (χ3n) is 3.76. The van der Waals surface area contributed by atoms with Crippen molar-refractivity contribution < 1.29 is 9.53 Å². The SMILES string of the molecule is C/C=C\CC(CCCCCCC/C=C\CCCC)OC(C)=O. The number of hydrogen-bond donors (Lipinski definition) is 0. The first-order valence-electron chi connectivity index (χ1n) is 9.14. The van der Waals surface area contributed by atoms with E-state index in [0.29, 0.717) is 0 Å². The molecule has 1 unspecified atom stereocenters. The van der Waals surface area contributed by atoms with Crippen LogP contribution < -0.4 is 0 Å². The summed E-state index contributed by atoms with van der Waals surface area (Å²) in [5, 5.41) is 0. The Bertz CT molecular complexity index is 305. The second-order valence-corrected chi connectivity index (χ2v) is 5.99. The highest BCUT2D eigenvalue weighted by atomic mass is 16.5. The van der Waals surface area contributed by atoms with Crippen LogP contribution in [0.4, 0.5) is 0 Å². The normalized spacial score (nSPS) is 13.0. The molecule has 128 valence electrons. The van der Waals surface area contributed by atoms with Gasteiger partial charge in [-0.2, -0.15) is 0 Å². The summed E-state index contributed by atoms with van der Waals surface area (Å²) in [6, 6.07) is 0. The summed E-state index contributed by atoms with van der Waals surface area (Å²) in [5.74, 6) is -0.163. The molecule has 0 aromatic rings. The monoisotopic (exact) mass is 308 g/mol. The molecular weight excluding hydrogens is 272 g/mol. The molecule has 0 N–H and O–H groups in total. The van der Waals surface area contributed by atoms with Crippen LogP contribution in [0.1, 0.15) is 91.4 Å². The minimum Gasteiger partial charge on any atom is -0.462 e. The lowest BCUT2D eigenvalue weighted by Crippen LogP contribution is -2.15. The summed E-state index contributed by atoms with van der Waals surface area (Å²) >= 11 is 0. The second-order valence-electron chi connectivity index (χ2n) is 5.99. The van der Waals surface area contributed by atoms with Gasteiger partial charge in [0.1, 0.15) is 6.10 Å². The maximum absolute atomic E-state index is 11.1. The van der Waals surface area contributed by atoms with Gasteiger partial charge in [-0.3, -0.25) is 4.79 Å². The van der Waals surface area contributed by atoms with Gasteiger partial charge < -0.3 is 4.74 Å². The maximum Gasteiger partial charge on any atom is 0.302 e. The summed E-state index contributed by atoms with van der Waals surface area (Å²) in [7, 11) is 0. The van der Waals surface area contributed by atoms with Gasteiger partial charge in [0.25, 0.3) is 0 Å². The highest BCUT2D eigenvalue weighted by Crippen LogP contribution is 2.13. The lowest BCUT2D eigenvalue weighted by Gasteiger charge is -2.15. The van der Waals surface area contributed by atoms with Crippen molar-refractivity contribution in [1.29, 1.82) is 0 Å². The first-order chi connectivity index (χ1) is 10.7. The number of unbranched alkanes of at least 4 members (excludes halogenated alkanes) is 7. The lowest BCUT2D eigenvalue weighted by atomic mass is 10.0. The molecule has 0 aliphatic rings. The van der Waals surface area contributed by atoms with Gasteiger partial charge in [0.05, 0.1) is 0 Å². The Hall–Kier alpha value is -1.05.